The summed E-state index contributed by atoms with van der Waals surface area (Å²) in [5.74, 6) is 0.399. The van der Waals surface area contributed by atoms with Crippen LogP contribution in [-0.2, 0) is 0 Å². The third-order valence-electron chi connectivity index (χ3n) is 2.80. The van der Waals surface area contributed by atoms with Gasteiger partial charge >= 0.3 is 0 Å². The Balaban J connectivity index is 2.44. The van der Waals surface area contributed by atoms with Gasteiger partial charge in [0.15, 0.2) is 5.78 Å². The molecule has 5 heteroatoms. The van der Waals surface area contributed by atoms with Gasteiger partial charge in [-0.05, 0) is 46.3 Å². The lowest BCUT2D eigenvalue weighted by Gasteiger charge is -2.08. The summed E-state index contributed by atoms with van der Waals surface area (Å²) in [7, 11) is 3.02. The molecule has 104 valence electrons. The van der Waals surface area contributed by atoms with Gasteiger partial charge in [-0.2, -0.15) is 0 Å². The minimum atomic E-state index is -0.412. The molecule has 0 spiro atoms. The van der Waals surface area contributed by atoms with Gasteiger partial charge in [0.05, 0.1) is 18.7 Å². The third-order valence-corrected chi connectivity index (χ3v) is 3.40. The number of hydrogen-bond acceptors (Lipinski definition) is 3. The van der Waals surface area contributed by atoms with Gasteiger partial charge in [-0.1, -0.05) is 0 Å². The van der Waals surface area contributed by atoms with Gasteiger partial charge in [0.25, 0.3) is 0 Å². The van der Waals surface area contributed by atoms with Gasteiger partial charge in [-0.25, -0.2) is 4.39 Å². The van der Waals surface area contributed by atoms with E-state index < -0.39 is 5.82 Å². The molecule has 0 atom stereocenters. The molecule has 3 nitrogen and oxygen atoms in total. The van der Waals surface area contributed by atoms with Crippen LogP contribution in [0.15, 0.2) is 40.9 Å². The molecule has 0 heterocycles. The molecule has 0 bridgehead atoms. The van der Waals surface area contributed by atoms with Crippen LogP contribution in [0.3, 0.4) is 0 Å². The fourth-order valence-electron chi connectivity index (χ4n) is 1.74. The second-order valence-corrected chi connectivity index (χ2v) is 4.91. The smallest absolute Gasteiger partial charge is 0.193 e. The molecule has 0 N–H and O–H groups in total. The zero-order valence-electron chi connectivity index (χ0n) is 10.9. The van der Waals surface area contributed by atoms with Crippen LogP contribution in [0.1, 0.15) is 15.9 Å². The number of hydrogen-bond donors (Lipinski definition) is 0. The van der Waals surface area contributed by atoms with Gasteiger partial charge in [0.2, 0.25) is 0 Å². The first-order valence-corrected chi connectivity index (χ1v) is 6.57. The van der Waals surface area contributed by atoms with E-state index in [1.54, 1.807) is 18.2 Å². The Morgan fingerprint density at radius 2 is 1.60 bits per heavy atom. The van der Waals surface area contributed by atoms with Crippen LogP contribution in [0.2, 0.25) is 0 Å². The van der Waals surface area contributed by atoms with E-state index >= 15 is 0 Å². The lowest BCUT2D eigenvalue weighted by atomic mass is 10.0. The van der Waals surface area contributed by atoms with E-state index in [-0.39, 0.29) is 10.3 Å². The zero-order chi connectivity index (χ0) is 14.7. The predicted octanol–water partition coefficient (Wildman–Crippen LogP) is 3.84. The van der Waals surface area contributed by atoms with Crippen molar-refractivity contribution in [3.63, 3.8) is 0 Å². The van der Waals surface area contributed by atoms with Crippen molar-refractivity contribution in [2.45, 2.75) is 0 Å². The Labute approximate surface area is 124 Å². The van der Waals surface area contributed by atoms with Gasteiger partial charge in [-0.3, -0.25) is 4.79 Å². The van der Waals surface area contributed by atoms with Crippen molar-refractivity contribution in [2.24, 2.45) is 0 Å². The number of ketones is 1. The fraction of sp³-hybridized carbons (Fsp3) is 0.133. The Bertz CT molecular complexity index is 633. The first kappa shape index (κ1) is 14.5. The van der Waals surface area contributed by atoms with Crippen LogP contribution in [0.5, 0.6) is 11.5 Å². The Morgan fingerprint density at radius 1 is 1.00 bits per heavy atom. The van der Waals surface area contributed by atoms with E-state index in [0.717, 1.165) is 0 Å². The standard InChI is InChI=1S/C15H12BrFO3/c1-19-11-5-10(6-12(8-11)20-2)15(18)9-3-4-14(17)13(16)7-9/h3-8H,1-2H3. The average molecular weight is 339 g/mol. The quantitative estimate of drug-likeness (QED) is 0.794. The molecule has 2 rings (SSSR count). The minimum Gasteiger partial charge on any atom is -0.497 e. The SMILES string of the molecule is COc1cc(OC)cc(C(=O)c2ccc(F)c(Br)c2)c1. The summed E-state index contributed by atoms with van der Waals surface area (Å²) in [5, 5.41) is 0. The van der Waals surface area contributed by atoms with Crippen molar-refractivity contribution >= 4 is 21.7 Å². The van der Waals surface area contributed by atoms with Gasteiger partial charge in [-0.15, -0.1) is 0 Å². The maximum absolute atomic E-state index is 13.2. The maximum Gasteiger partial charge on any atom is 0.193 e. The van der Waals surface area contributed by atoms with Crippen LogP contribution in [0, 0.1) is 5.82 Å². The van der Waals surface area contributed by atoms with E-state index in [4.69, 9.17) is 9.47 Å². The van der Waals surface area contributed by atoms with Crippen molar-refractivity contribution in [2.75, 3.05) is 14.2 Å². The Hall–Kier alpha value is -1.88. The molecule has 0 fully saturated rings. The fourth-order valence-corrected chi connectivity index (χ4v) is 2.12. The molecule has 0 aliphatic heterocycles. The van der Waals surface area contributed by atoms with E-state index in [1.807, 2.05) is 0 Å². The summed E-state index contributed by atoms with van der Waals surface area (Å²) >= 11 is 3.07. The van der Waals surface area contributed by atoms with Crippen molar-refractivity contribution in [1.82, 2.24) is 0 Å². The summed E-state index contributed by atoms with van der Waals surface area (Å²) in [5.41, 5.74) is 0.799. The summed E-state index contributed by atoms with van der Waals surface area (Å²) in [4.78, 5) is 12.4. The zero-order valence-corrected chi connectivity index (χ0v) is 12.5. The second kappa shape index (κ2) is 6.05. The Morgan fingerprint density at radius 3 is 2.10 bits per heavy atom. The number of benzene rings is 2. The van der Waals surface area contributed by atoms with Crippen LogP contribution < -0.4 is 9.47 Å². The highest BCUT2D eigenvalue weighted by molar-refractivity contribution is 9.10. The topological polar surface area (TPSA) is 35.5 Å². The molecule has 0 aromatic heterocycles. The molecule has 0 aliphatic rings. The predicted molar refractivity (Wildman–Crippen MR) is 77.1 cm³/mol. The highest BCUT2D eigenvalue weighted by Crippen LogP contribution is 2.25. The maximum atomic E-state index is 13.2. The van der Waals surface area contributed by atoms with Crippen LogP contribution in [-0.4, -0.2) is 20.0 Å². The molecule has 0 saturated heterocycles. The first-order valence-electron chi connectivity index (χ1n) is 5.78. The third kappa shape index (κ3) is 2.99. The largest absolute Gasteiger partial charge is 0.497 e. The number of methoxy groups -OCH3 is 2. The first-order chi connectivity index (χ1) is 9.55. The summed E-state index contributed by atoms with van der Waals surface area (Å²) in [6.45, 7) is 0. The van der Waals surface area contributed by atoms with Crippen molar-refractivity contribution < 1.29 is 18.7 Å². The molecule has 2 aromatic rings. The van der Waals surface area contributed by atoms with Crippen LogP contribution in [0.25, 0.3) is 0 Å². The van der Waals surface area contributed by atoms with Gasteiger partial charge in [0, 0.05) is 17.2 Å². The average Bonchev–Trinajstić information content (AvgIpc) is 2.48. The molecule has 2 aromatic carbocycles. The molecular weight excluding hydrogens is 327 g/mol. The van der Waals surface area contributed by atoms with E-state index in [2.05, 4.69) is 15.9 Å². The van der Waals surface area contributed by atoms with E-state index in [0.29, 0.717) is 22.6 Å². The normalized spacial score (nSPS) is 10.2. The highest BCUT2D eigenvalue weighted by Gasteiger charge is 2.13. The number of carbonyl (C=O) groups excluding carboxylic acids is 1. The number of rotatable bonds is 4. The van der Waals surface area contributed by atoms with E-state index in [1.165, 1.54) is 32.4 Å². The monoisotopic (exact) mass is 338 g/mol. The molecule has 0 radical (unpaired) electrons. The van der Waals surface area contributed by atoms with Gasteiger partial charge < -0.3 is 9.47 Å². The lowest BCUT2D eigenvalue weighted by Crippen LogP contribution is -2.03. The van der Waals surface area contributed by atoms with E-state index in [9.17, 15) is 9.18 Å². The van der Waals surface area contributed by atoms with Crippen LogP contribution >= 0.6 is 15.9 Å². The molecular formula is C15H12BrFO3. The second-order valence-electron chi connectivity index (χ2n) is 4.06. The molecule has 0 saturated carbocycles. The summed E-state index contributed by atoms with van der Waals surface area (Å²) in [6, 6.07) is 9.04. The van der Waals surface area contributed by atoms with Crippen LogP contribution in [0.4, 0.5) is 4.39 Å². The van der Waals surface area contributed by atoms with Crippen molar-refractivity contribution in [3.8, 4) is 11.5 Å². The molecule has 0 unspecified atom stereocenters. The number of carbonyl (C=O) groups is 1. The van der Waals surface area contributed by atoms with Crippen molar-refractivity contribution in [1.29, 1.82) is 0 Å². The number of halogens is 2. The van der Waals surface area contributed by atoms with Gasteiger partial charge in [0.1, 0.15) is 17.3 Å². The molecule has 0 amide bonds. The summed E-state index contributed by atoms with van der Waals surface area (Å²) in [6.07, 6.45) is 0. The highest BCUT2D eigenvalue weighted by atomic mass is 79.9. The van der Waals surface area contributed by atoms with Crippen molar-refractivity contribution in [3.05, 3.63) is 57.8 Å². The lowest BCUT2D eigenvalue weighted by molar-refractivity contribution is 0.103. The molecule has 20 heavy (non-hydrogen) atoms. The summed E-state index contributed by atoms with van der Waals surface area (Å²) < 4.78 is 23.7. The number of ether oxygens (including phenoxy) is 2. The minimum absolute atomic E-state index is 0.233. The Kier molecular flexibility index (Phi) is 4.39. The molecule has 0 aliphatic carbocycles.